The molecule has 3 rings (SSSR count). The molecule has 122 valence electrons. The summed E-state index contributed by atoms with van der Waals surface area (Å²) in [6.45, 7) is 1.31. The van der Waals surface area contributed by atoms with Crippen LogP contribution in [-0.2, 0) is 22.7 Å². The molecule has 2 aromatic rings. The van der Waals surface area contributed by atoms with E-state index in [1.54, 1.807) is 0 Å². The van der Waals surface area contributed by atoms with Gasteiger partial charge in [0.05, 0.1) is 25.4 Å². The van der Waals surface area contributed by atoms with Crippen LogP contribution < -0.4 is 0 Å². The van der Waals surface area contributed by atoms with Gasteiger partial charge in [-0.25, -0.2) is 0 Å². The third kappa shape index (κ3) is 5.17. The molecule has 0 heterocycles. The van der Waals surface area contributed by atoms with Crippen molar-refractivity contribution in [3.63, 3.8) is 0 Å². The van der Waals surface area contributed by atoms with Crippen molar-refractivity contribution in [2.45, 2.75) is 49.5 Å². The molecule has 1 aliphatic rings. The fourth-order valence-corrected chi connectivity index (χ4v) is 3.61. The van der Waals surface area contributed by atoms with E-state index < -0.39 is 0 Å². The van der Waals surface area contributed by atoms with E-state index in [2.05, 4.69) is 64.5 Å². The summed E-state index contributed by atoms with van der Waals surface area (Å²) in [5.74, 6) is 0. The SMILES string of the molecule is Br[C@@H]1CC[C@H](OCc2ccccc2)[C@@H](OCc2ccccc2)C1. The minimum Gasteiger partial charge on any atom is -0.371 e. The highest BCUT2D eigenvalue weighted by atomic mass is 79.9. The Hall–Kier alpha value is -1.16. The Morgan fingerprint density at radius 2 is 1.26 bits per heavy atom. The molecule has 1 aliphatic carbocycles. The van der Waals surface area contributed by atoms with Gasteiger partial charge in [0.1, 0.15) is 0 Å². The van der Waals surface area contributed by atoms with Gasteiger partial charge >= 0.3 is 0 Å². The Labute approximate surface area is 146 Å². The van der Waals surface area contributed by atoms with Gasteiger partial charge in [-0.3, -0.25) is 0 Å². The number of hydrogen-bond donors (Lipinski definition) is 0. The summed E-state index contributed by atoms with van der Waals surface area (Å²) in [5.41, 5.74) is 2.43. The quantitative estimate of drug-likeness (QED) is 0.654. The zero-order chi connectivity index (χ0) is 15.9. The fraction of sp³-hybridized carbons (Fsp3) is 0.400. The van der Waals surface area contributed by atoms with E-state index >= 15 is 0 Å². The molecule has 3 heteroatoms. The molecule has 1 saturated carbocycles. The van der Waals surface area contributed by atoms with Gasteiger partial charge in [0.2, 0.25) is 0 Å². The molecule has 2 nitrogen and oxygen atoms in total. The van der Waals surface area contributed by atoms with Crippen LogP contribution in [0.25, 0.3) is 0 Å². The van der Waals surface area contributed by atoms with Crippen LogP contribution in [0.2, 0.25) is 0 Å². The van der Waals surface area contributed by atoms with E-state index in [4.69, 9.17) is 9.47 Å². The van der Waals surface area contributed by atoms with Crippen LogP contribution >= 0.6 is 15.9 Å². The molecule has 23 heavy (non-hydrogen) atoms. The Balaban J connectivity index is 1.55. The number of benzene rings is 2. The van der Waals surface area contributed by atoms with Gasteiger partial charge in [0, 0.05) is 4.83 Å². The van der Waals surface area contributed by atoms with E-state index in [-0.39, 0.29) is 12.2 Å². The first kappa shape index (κ1) is 16.7. The molecule has 2 aromatic carbocycles. The van der Waals surface area contributed by atoms with Crippen molar-refractivity contribution in [2.75, 3.05) is 0 Å². The lowest BCUT2D eigenvalue weighted by molar-refractivity contribution is -0.102. The van der Waals surface area contributed by atoms with Crippen LogP contribution in [0.4, 0.5) is 0 Å². The maximum absolute atomic E-state index is 6.19. The van der Waals surface area contributed by atoms with Gasteiger partial charge in [-0.05, 0) is 30.4 Å². The first-order valence-electron chi connectivity index (χ1n) is 8.26. The van der Waals surface area contributed by atoms with E-state index in [0.717, 1.165) is 19.3 Å². The number of ether oxygens (including phenoxy) is 2. The lowest BCUT2D eigenvalue weighted by Gasteiger charge is -2.34. The smallest absolute Gasteiger partial charge is 0.0852 e. The fourth-order valence-electron chi connectivity index (χ4n) is 2.97. The Morgan fingerprint density at radius 1 is 0.739 bits per heavy atom. The molecule has 0 N–H and O–H groups in total. The predicted molar refractivity (Wildman–Crippen MR) is 96.6 cm³/mol. The third-order valence-electron chi connectivity index (χ3n) is 4.28. The van der Waals surface area contributed by atoms with Gasteiger partial charge in [-0.1, -0.05) is 76.6 Å². The van der Waals surface area contributed by atoms with Crippen LogP contribution in [0.15, 0.2) is 60.7 Å². The van der Waals surface area contributed by atoms with Crippen LogP contribution in [0.5, 0.6) is 0 Å². The summed E-state index contributed by atoms with van der Waals surface area (Å²) in [4.78, 5) is 0.528. The van der Waals surface area contributed by atoms with E-state index in [0.29, 0.717) is 18.0 Å². The Kier molecular flexibility index (Phi) is 6.26. The summed E-state index contributed by atoms with van der Waals surface area (Å²) < 4.78 is 12.4. The van der Waals surface area contributed by atoms with Gasteiger partial charge in [-0.15, -0.1) is 0 Å². The maximum Gasteiger partial charge on any atom is 0.0852 e. The van der Waals surface area contributed by atoms with Crippen LogP contribution in [0.3, 0.4) is 0 Å². The summed E-state index contributed by atoms with van der Waals surface area (Å²) in [5, 5.41) is 0. The summed E-state index contributed by atoms with van der Waals surface area (Å²) in [6.07, 6.45) is 3.52. The second-order valence-electron chi connectivity index (χ2n) is 6.08. The van der Waals surface area contributed by atoms with E-state index in [9.17, 15) is 0 Å². The monoisotopic (exact) mass is 374 g/mol. The molecular weight excluding hydrogens is 352 g/mol. The average molecular weight is 375 g/mol. The zero-order valence-corrected chi connectivity index (χ0v) is 14.8. The predicted octanol–water partition coefficient (Wildman–Crippen LogP) is 5.10. The molecule has 1 fully saturated rings. The lowest BCUT2D eigenvalue weighted by atomic mass is 9.94. The molecule has 0 aromatic heterocycles. The molecule has 0 bridgehead atoms. The van der Waals surface area contributed by atoms with Crippen molar-refractivity contribution in [2.24, 2.45) is 0 Å². The summed E-state index contributed by atoms with van der Waals surface area (Å²) >= 11 is 3.74. The van der Waals surface area contributed by atoms with Crippen LogP contribution in [0, 0.1) is 0 Å². The second-order valence-corrected chi connectivity index (χ2v) is 7.38. The average Bonchev–Trinajstić information content (AvgIpc) is 2.61. The first-order valence-corrected chi connectivity index (χ1v) is 9.18. The van der Waals surface area contributed by atoms with Gasteiger partial charge in [0.15, 0.2) is 0 Å². The zero-order valence-electron chi connectivity index (χ0n) is 13.2. The van der Waals surface area contributed by atoms with Crippen molar-refractivity contribution in [1.29, 1.82) is 0 Å². The largest absolute Gasteiger partial charge is 0.371 e. The molecule has 0 saturated heterocycles. The van der Waals surface area contributed by atoms with Crippen molar-refractivity contribution < 1.29 is 9.47 Å². The molecule has 0 amide bonds. The Bertz CT molecular complexity index is 573. The van der Waals surface area contributed by atoms with Crippen LogP contribution in [-0.4, -0.2) is 17.0 Å². The molecule has 0 unspecified atom stereocenters. The molecular formula is C20H23BrO2. The molecule has 3 atom stereocenters. The van der Waals surface area contributed by atoms with Crippen molar-refractivity contribution >= 4 is 15.9 Å². The normalized spacial score (nSPS) is 24.5. The molecule has 0 aliphatic heterocycles. The van der Waals surface area contributed by atoms with Crippen molar-refractivity contribution in [3.05, 3.63) is 71.8 Å². The highest BCUT2D eigenvalue weighted by molar-refractivity contribution is 9.09. The van der Waals surface area contributed by atoms with Crippen molar-refractivity contribution in [1.82, 2.24) is 0 Å². The molecule has 0 radical (unpaired) electrons. The van der Waals surface area contributed by atoms with E-state index in [1.807, 2.05) is 12.1 Å². The summed E-state index contributed by atoms with van der Waals surface area (Å²) in [6, 6.07) is 20.7. The number of hydrogen-bond acceptors (Lipinski definition) is 2. The van der Waals surface area contributed by atoms with Gasteiger partial charge in [0.25, 0.3) is 0 Å². The van der Waals surface area contributed by atoms with Gasteiger partial charge < -0.3 is 9.47 Å². The van der Waals surface area contributed by atoms with Gasteiger partial charge in [-0.2, -0.15) is 0 Å². The number of alkyl halides is 1. The topological polar surface area (TPSA) is 18.5 Å². The number of halogens is 1. The minimum atomic E-state index is 0.150. The van der Waals surface area contributed by atoms with E-state index in [1.165, 1.54) is 11.1 Å². The first-order chi connectivity index (χ1) is 11.3. The lowest BCUT2D eigenvalue weighted by Crippen LogP contribution is -2.38. The standard InChI is InChI=1S/C20H23BrO2/c21-18-11-12-19(22-14-16-7-3-1-4-8-16)20(13-18)23-15-17-9-5-2-6-10-17/h1-10,18-20H,11-15H2/t18-,19+,20+/m1/s1. The highest BCUT2D eigenvalue weighted by Gasteiger charge is 2.30. The van der Waals surface area contributed by atoms with Crippen LogP contribution in [0.1, 0.15) is 30.4 Å². The number of rotatable bonds is 6. The minimum absolute atomic E-state index is 0.150. The van der Waals surface area contributed by atoms with Crippen molar-refractivity contribution in [3.8, 4) is 0 Å². The maximum atomic E-state index is 6.19. The summed E-state index contributed by atoms with van der Waals surface area (Å²) in [7, 11) is 0. The molecule has 0 spiro atoms. The highest BCUT2D eigenvalue weighted by Crippen LogP contribution is 2.30. The second kappa shape index (κ2) is 8.62. The Morgan fingerprint density at radius 3 is 1.83 bits per heavy atom. The third-order valence-corrected chi connectivity index (χ3v) is 5.11.